The predicted molar refractivity (Wildman–Crippen MR) is 100 cm³/mol. The molecule has 0 radical (unpaired) electrons. The number of nitrogens with one attached hydrogen (secondary N) is 1. The van der Waals surface area contributed by atoms with E-state index in [2.05, 4.69) is 14.9 Å². The van der Waals surface area contributed by atoms with Crippen LogP contribution in [0, 0.1) is 6.92 Å². The highest BCUT2D eigenvalue weighted by molar-refractivity contribution is 7.98. The van der Waals surface area contributed by atoms with Gasteiger partial charge in [-0.15, -0.1) is 10.2 Å². The molecule has 0 fully saturated rings. The van der Waals surface area contributed by atoms with Gasteiger partial charge in [0.1, 0.15) is 0 Å². The fourth-order valence-corrected chi connectivity index (χ4v) is 4.16. The van der Waals surface area contributed by atoms with E-state index in [1.165, 1.54) is 11.8 Å². The first-order chi connectivity index (χ1) is 12.4. The fraction of sp³-hybridized carbons (Fsp3) is 0.222. The van der Waals surface area contributed by atoms with Crippen LogP contribution < -0.4 is 4.72 Å². The van der Waals surface area contributed by atoms with E-state index in [0.29, 0.717) is 11.0 Å². The van der Waals surface area contributed by atoms with Crippen molar-refractivity contribution >= 4 is 21.8 Å². The van der Waals surface area contributed by atoms with E-state index in [9.17, 15) is 8.42 Å². The molecule has 1 atom stereocenters. The van der Waals surface area contributed by atoms with E-state index in [1.807, 2.05) is 37.3 Å². The van der Waals surface area contributed by atoms with E-state index in [-0.39, 0.29) is 10.8 Å². The Morgan fingerprint density at radius 1 is 1.08 bits per heavy atom. The highest BCUT2D eigenvalue weighted by atomic mass is 32.2. The third kappa shape index (κ3) is 4.72. The summed E-state index contributed by atoms with van der Waals surface area (Å²) in [5.41, 5.74) is 2.14. The van der Waals surface area contributed by atoms with Crippen molar-refractivity contribution in [3.05, 3.63) is 71.6 Å². The van der Waals surface area contributed by atoms with Gasteiger partial charge in [-0.3, -0.25) is 0 Å². The molecule has 0 bridgehead atoms. The van der Waals surface area contributed by atoms with E-state index in [1.54, 1.807) is 31.2 Å². The number of nitrogens with zero attached hydrogens (tertiary/aromatic N) is 2. The van der Waals surface area contributed by atoms with Crippen LogP contribution in [0.15, 0.2) is 69.1 Å². The SMILES string of the molecule is Cc1ccc(S(=O)(=O)NC(C)c2nnc(SCc3ccccc3)o2)cc1. The number of sulfonamides is 1. The normalized spacial score (nSPS) is 12.8. The first kappa shape index (κ1) is 18.6. The summed E-state index contributed by atoms with van der Waals surface area (Å²) < 4.78 is 33.0. The molecule has 136 valence electrons. The van der Waals surface area contributed by atoms with Crippen molar-refractivity contribution in [1.82, 2.24) is 14.9 Å². The zero-order chi connectivity index (χ0) is 18.6. The van der Waals surface area contributed by atoms with Gasteiger partial charge in [0.25, 0.3) is 5.22 Å². The van der Waals surface area contributed by atoms with Crippen LogP contribution in [-0.2, 0) is 15.8 Å². The molecule has 3 rings (SSSR count). The molecule has 0 saturated carbocycles. The summed E-state index contributed by atoms with van der Waals surface area (Å²) in [6.07, 6.45) is 0. The molecular weight excluding hydrogens is 370 g/mol. The molecule has 2 aromatic carbocycles. The maximum Gasteiger partial charge on any atom is 0.276 e. The van der Waals surface area contributed by atoms with E-state index in [0.717, 1.165) is 11.1 Å². The number of hydrogen-bond acceptors (Lipinski definition) is 6. The molecule has 1 unspecified atom stereocenters. The second-order valence-corrected chi connectivity index (χ2v) is 8.48. The summed E-state index contributed by atoms with van der Waals surface area (Å²) in [7, 11) is -3.66. The fourth-order valence-electron chi connectivity index (χ4n) is 2.24. The number of aryl methyl sites for hydroxylation is 1. The Morgan fingerprint density at radius 3 is 2.46 bits per heavy atom. The van der Waals surface area contributed by atoms with Crippen LogP contribution in [-0.4, -0.2) is 18.6 Å². The molecule has 3 aromatic rings. The third-order valence-corrected chi connectivity index (χ3v) is 6.11. The lowest BCUT2D eigenvalue weighted by Crippen LogP contribution is -2.27. The molecule has 1 aromatic heterocycles. The second-order valence-electron chi connectivity index (χ2n) is 5.84. The second kappa shape index (κ2) is 8.03. The molecular formula is C18H19N3O3S2. The van der Waals surface area contributed by atoms with Crippen molar-refractivity contribution in [3.63, 3.8) is 0 Å². The van der Waals surface area contributed by atoms with Gasteiger partial charge in [0.15, 0.2) is 0 Å². The molecule has 0 spiro atoms. The van der Waals surface area contributed by atoms with Gasteiger partial charge in [0.2, 0.25) is 15.9 Å². The Labute approximate surface area is 157 Å². The van der Waals surface area contributed by atoms with Crippen LogP contribution >= 0.6 is 11.8 Å². The summed E-state index contributed by atoms with van der Waals surface area (Å²) in [4.78, 5) is 0.202. The summed E-state index contributed by atoms with van der Waals surface area (Å²) in [5, 5.41) is 8.34. The number of rotatable bonds is 7. The van der Waals surface area contributed by atoms with Gasteiger partial charge >= 0.3 is 0 Å². The standard InChI is InChI=1S/C18H19N3O3S2/c1-13-8-10-16(11-9-13)26(22,23)21-14(2)17-19-20-18(24-17)25-12-15-6-4-3-5-7-15/h3-11,14,21H,12H2,1-2H3. The quantitative estimate of drug-likeness (QED) is 0.620. The van der Waals surface area contributed by atoms with Crippen LogP contribution in [0.25, 0.3) is 0 Å². The van der Waals surface area contributed by atoms with Gasteiger partial charge in [-0.1, -0.05) is 59.8 Å². The smallest absolute Gasteiger partial charge is 0.276 e. The van der Waals surface area contributed by atoms with Crippen molar-refractivity contribution in [1.29, 1.82) is 0 Å². The first-order valence-electron chi connectivity index (χ1n) is 8.03. The zero-order valence-corrected chi connectivity index (χ0v) is 16.0. The first-order valence-corrected chi connectivity index (χ1v) is 10.5. The highest BCUT2D eigenvalue weighted by Crippen LogP contribution is 2.24. The van der Waals surface area contributed by atoms with Gasteiger partial charge in [0, 0.05) is 5.75 Å². The molecule has 1 heterocycles. The molecule has 1 N–H and O–H groups in total. The summed E-state index contributed by atoms with van der Waals surface area (Å²) >= 11 is 1.41. The number of aromatic nitrogens is 2. The van der Waals surface area contributed by atoms with Gasteiger partial charge in [0.05, 0.1) is 10.9 Å². The monoisotopic (exact) mass is 389 g/mol. The van der Waals surface area contributed by atoms with Crippen LogP contribution in [0.5, 0.6) is 0 Å². The average Bonchev–Trinajstić information content (AvgIpc) is 3.10. The van der Waals surface area contributed by atoms with Crippen LogP contribution in [0.2, 0.25) is 0 Å². The lowest BCUT2D eigenvalue weighted by atomic mass is 10.2. The molecule has 0 aliphatic carbocycles. The third-order valence-electron chi connectivity index (χ3n) is 3.66. The summed E-state index contributed by atoms with van der Waals surface area (Å²) in [5.74, 6) is 0.933. The Kier molecular flexibility index (Phi) is 5.75. The lowest BCUT2D eigenvalue weighted by molar-refractivity contribution is 0.384. The Hall–Kier alpha value is -2.16. The predicted octanol–water partition coefficient (Wildman–Crippen LogP) is 3.71. The maximum absolute atomic E-state index is 12.4. The van der Waals surface area contributed by atoms with E-state index >= 15 is 0 Å². The van der Waals surface area contributed by atoms with Crippen LogP contribution in [0.1, 0.15) is 30.0 Å². The van der Waals surface area contributed by atoms with Crippen molar-refractivity contribution in [2.24, 2.45) is 0 Å². The molecule has 6 nitrogen and oxygen atoms in total. The van der Waals surface area contributed by atoms with Gasteiger partial charge in [-0.25, -0.2) is 8.42 Å². The number of benzene rings is 2. The highest BCUT2D eigenvalue weighted by Gasteiger charge is 2.22. The summed E-state index contributed by atoms with van der Waals surface area (Å²) in [6, 6.07) is 16.0. The Balaban J connectivity index is 1.64. The molecule has 0 aliphatic rings. The largest absolute Gasteiger partial charge is 0.414 e. The minimum atomic E-state index is -3.66. The summed E-state index contributed by atoms with van der Waals surface area (Å²) in [6.45, 7) is 3.57. The number of hydrogen-bond donors (Lipinski definition) is 1. The van der Waals surface area contributed by atoms with E-state index < -0.39 is 16.1 Å². The topological polar surface area (TPSA) is 85.1 Å². The van der Waals surface area contributed by atoms with Crippen molar-refractivity contribution in [3.8, 4) is 0 Å². The zero-order valence-electron chi connectivity index (χ0n) is 14.4. The van der Waals surface area contributed by atoms with Gasteiger partial charge < -0.3 is 4.42 Å². The Morgan fingerprint density at radius 2 is 1.77 bits per heavy atom. The Bertz CT molecular complexity index is 955. The van der Waals surface area contributed by atoms with E-state index in [4.69, 9.17) is 4.42 Å². The van der Waals surface area contributed by atoms with Crippen molar-refractivity contribution < 1.29 is 12.8 Å². The molecule has 8 heteroatoms. The lowest BCUT2D eigenvalue weighted by Gasteiger charge is -2.10. The number of thioether (sulfide) groups is 1. The molecule has 26 heavy (non-hydrogen) atoms. The average molecular weight is 390 g/mol. The van der Waals surface area contributed by atoms with Gasteiger partial charge in [-0.2, -0.15) is 4.72 Å². The molecule has 0 amide bonds. The van der Waals surface area contributed by atoms with Crippen LogP contribution in [0.4, 0.5) is 0 Å². The molecule has 0 aliphatic heterocycles. The minimum absolute atomic E-state index is 0.202. The molecule has 0 saturated heterocycles. The van der Waals surface area contributed by atoms with Crippen molar-refractivity contribution in [2.75, 3.05) is 0 Å². The maximum atomic E-state index is 12.4. The van der Waals surface area contributed by atoms with Crippen molar-refractivity contribution in [2.45, 2.75) is 35.8 Å². The minimum Gasteiger partial charge on any atom is -0.414 e. The van der Waals surface area contributed by atoms with Crippen LogP contribution in [0.3, 0.4) is 0 Å². The van der Waals surface area contributed by atoms with Gasteiger partial charge in [-0.05, 0) is 31.5 Å².